The van der Waals surface area contributed by atoms with Crippen molar-refractivity contribution in [3.05, 3.63) is 24.0 Å². The van der Waals surface area contributed by atoms with Crippen molar-refractivity contribution >= 4 is 0 Å². The Labute approximate surface area is 121 Å². The van der Waals surface area contributed by atoms with Crippen molar-refractivity contribution in [1.29, 1.82) is 0 Å². The van der Waals surface area contributed by atoms with E-state index in [1.54, 1.807) is 13.3 Å². The molecule has 1 aliphatic rings. The van der Waals surface area contributed by atoms with Crippen LogP contribution in [0.4, 0.5) is 0 Å². The molecule has 0 amide bonds. The summed E-state index contributed by atoms with van der Waals surface area (Å²) in [6, 6.07) is 2.94. The quantitative estimate of drug-likeness (QED) is 0.870. The van der Waals surface area contributed by atoms with Gasteiger partial charge in [-0.05, 0) is 39.2 Å². The molecule has 0 aliphatic carbocycles. The van der Waals surface area contributed by atoms with E-state index in [4.69, 9.17) is 4.74 Å². The Morgan fingerprint density at radius 3 is 2.90 bits per heavy atom. The highest BCUT2D eigenvalue weighted by Gasteiger charge is 2.25. The maximum Gasteiger partial charge on any atom is 0.137 e. The molecular formula is C15H26N4O. The zero-order chi connectivity index (χ0) is 14.5. The number of pyridine rings is 1. The lowest BCUT2D eigenvalue weighted by Crippen LogP contribution is -2.50. The predicted molar refractivity (Wildman–Crippen MR) is 81.1 cm³/mol. The summed E-state index contributed by atoms with van der Waals surface area (Å²) in [6.07, 6.45) is 4.75. The van der Waals surface area contributed by atoms with Gasteiger partial charge < -0.3 is 19.9 Å². The standard InChI is InChI=1S/C15H26N4O/c1-16-15(12-7-14(20-4)10-17-9-12)8-13-11-18(2)5-6-19(13)3/h7,9-10,13,15-16H,5-6,8,11H2,1-4H3. The topological polar surface area (TPSA) is 40.6 Å². The first-order valence-corrected chi connectivity index (χ1v) is 7.19. The Bertz CT molecular complexity index is 426. The van der Waals surface area contributed by atoms with Gasteiger partial charge in [0.1, 0.15) is 5.75 Å². The second kappa shape index (κ2) is 7.02. The molecule has 2 atom stereocenters. The van der Waals surface area contributed by atoms with Gasteiger partial charge in [0.2, 0.25) is 0 Å². The second-order valence-electron chi connectivity index (χ2n) is 5.63. The normalized spacial score (nSPS) is 22.7. The molecule has 2 unspecified atom stereocenters. The van der Waals surface area contributed by atoms with Gasteiger partial charge in [-0.3, -0.25) is 4.98 Å². The molecule has 20 heavy (non-hydrogen) atoms. The van der Waals surface area contributed by atoms with Gasteiger partial charge in [-0.15, -0.1) is 0 Å². The molecule has 5 heteroatoms. The maximum absolute atomic E-state index is 5.27. The van der Waals surface area contributed by atoms with Crippen LogP contribution in [-0.4, -0.2) is 68.7 Å². The predicted octanol–water partition coefficient (Wildman–Crippen LogP) is 0.987. The molecule has 2 heterocycles. The monoisotopic (exact) mass is 278 g/mol. The second-order valence-corrected chi connectivity index (χ2v) is 5.63. The lowest BCUT2D eigenvalue weighted by Gasteiger charge is -2.39. The number of nitrogens with zero attached hydrogens (tertiary/aromatic N) is 3. The van der Waals surface area contributed by atoms with E-state index in [0.29, 0.717) is 12.1 Å². The van der Waals surface area contributed by atoms with Crippen molar-refractivity contribution in [2.45, 2.75) is 18.5 Å². The van der Waals surface area contributed by atoms with E-state index in [2.05, 4.69) is 40.3 Å². The number of methoxy groups -OCH3 is 1. The van der Waals surface area contributed by atoms with Crippen LogP contribution in [0.3, 0.4) is 0 Å². The van der Waals surface area contributed by atoms with Gasteiger partial charge in [0, 0.05) is 37.9 Å². The van der Waals surface area contributed by atoms with E-state index in [1.165, 1.54) is 5.56 Å². The van der Waals surface area contributed by atoms with Gasteiger partial charge in [0.15, 0.2) is 0 Å². The molecule has 0 bridgehead atoms. The van der Waals surface area contributed by atoms with Gasteiger partial charge in [-0.25, -0.2) is 0 Å². The van der Waals surface area contributed by atoms with E-state index in [-0.39, 0.29) is 0 Å². The molecule has 1 aliphatic heterocycles. The molecule has 1 aromatic rings. The van der Waals surface area contributed by atoms with Crippen LogP contribution >= 0.6 is 0 Å². The molecule has 0 radical (unpaired) electrons. The third-order valence-electron chi connectivity index (χ3n) is 4.21. The molecule has 5 nitrogen and oxygen atoms in total. The maximum atomic E-state index is 5.27. The van der Waals surface area contributed by atoms with Gasteiger partial charge in [0.05, 0.1) is 13.3 Å². The highest BCUT2D eigenvalue weighted by atomic mass is 16.5. The average molecular weight is 278 g/mol. The Kier molecular flexibility index (Phi) is 5.34. The smallest absolute Gasteiger partial charge is 0.137 e. The van der Waals surface area contributed by atoms with Crippen LogP contribution in [0.2, 0.25) is 0 Å². The van der Waals surface area contributed by atoms with Crippen molar-refractivity contribution in [2.75, 3.05) is 47.9 Å². The Hall–Kier alpha value is -1.17. The number of likely N-dealkylation sites (N-methyl/N-ethyl adjacent to an activating group) is 2. The summed E-state index contributed by atoms with van der Waals surface area (Å²) in [5.74, 6) is 0.817. The summed E-state index contributed by atoms with van der Waals surface area (Å²) < 4.78 is 5.27. The van der Waals surface area contributed by atoms with Crippen molar-refractivity contribution in [2.24, 2.45) is 0 Å². The van der Waals surface area contributed by atoms with Crippen molar-refractivity contribution in [3.8, 4) is 5.75 Å². The number of hydrogen-bond donors (Lipinski definition) is 1. The lowest BCUT2D eigenvalue weighted by atomic mass is 9.98. The summed E-state index contributed by atoms with van der Waals surface area (Å²) in [6.45, 7) is 3.40. The van der Waals surface area contributed by atoms with Crippen LogP contribution in [0.15, 0.2) is 18.5 Å². The van der Waals surface area contributed by atoms with Crippen LogP contribution in [0.5, 0.6) is 5.75 Å². The summed E-state index contributed by atoms with van der Waals surface area (Å²) in [5, 5.41) is 3.41. The van der Waals surface area contributed by atoms with Gasteiger partial charge >= 0.3 is 0 Å². The third-order valence-corrected chi connectivity index (χ3v) is 4.21. The number of nitrogens with one attached hydrogen (secondary N) is 1. The number of piperazine rings is 1. The fraction of sp³-hybridized carbons (Fsp3) is 0.667. The number of ether oxygens (including phenoxy) is 1. The average Bonchev–Trinajstić information content (AvgIpc) is 2.48. The largest absolute Gasteiger partial charge is 0.495 e. The first kappa shape index (κ1) is 15.2. The molecule has 0 spiro atoms. The third kappa shape index (κ3) is 3.69. The molecule has 1 saturated heterocycles. The molecule has 0 saturated carbocycles. The number of aromatic nitrogens is 1. The Balaban J connectivity index is 2.07. The number of rotatable bonds is 5. The van der Waals surface area contributed by atoms with Gasteiger partial charge in [0.25, 0.3) is 0 Å². The molecule has 2 rings (SSSR count). The van der Waals surface area contributed by atoms with Crippen LogP contribution < -0.4 is 10.1 Å². The van der Waals surface area contributed by atoms with Crippen molar-refractivity contribution < 1.29 is 4.74 Å². The van der Waals surface area contributed by atoms with E-state index in [1.807, 2.05) is 13.2 Å². The van der Waals surface area contributed by atoms with Crippen LogP contribution in [-0.2, 0) is 0 Å². The van der Waals surface area contributed by atoms with E-state index < -0.39 is 0 Å². The Morgan fingerprint density at radius 2 is 2.20 bits per heavy atom. The molecule has 1 N–H and O–H groups in total. The summed E-state index contributed by atoms with van der Waals surface area (Å²) >= 11 is 0. The van der Waals surface area contributed by atoms with E-state index in [0.717, 1.165) is 31.8 Å². The molecule has 112 valence electrons. The summed E-state index contributed by atoms with van der Waals surface area (Å²) in [4.78, 5) is 9.12. The molecule has 1 aromatic heterocycles. The van der Waals surface area contributed by atoms with Crippen LogP contribution in [0.1, 0.15) is 18.0 Å². The lowest BCUT2D eigenvalue weighted by molar-refractivity contribution is 0.102. The molecule has 0 aromatic carbocycles. The van der Waals surface area contributed by atoms with E-state index in [9.17, 15) is 0 Å². The zero-order valence-electron chi connectivity index (χ0n) is 13.0. The minimum absolute atomic E-state index is 0.302. The van der Waals surface area contributed by atoms with Crippen molar-refractivity contribution in [1.82, 2.24) is 20.1 Å². The Morgan fingerprint density at radius 1 is 1.40 bits per heavy atom. The van der Waals surface area contributed by atoms with Gasteiger partial charge in [-0.2, -0.15) is 0 Å². The van der Waals surface area contributed by atoms with E-state index >= 15 is 0 Å². The zero-order valence-corrected chi connectivity index (χ0v) is 13.0. The molecule has 1 fully saturated rings. The minimum Gasteiger partial charge on any atom is -0.495 e. The van der Waals surface area contributed by atoms with Crippen molar-refractivity contribution in [3.63, 3.8) is 0 Å². The summed E-state index contributed by atoms with van der Waals surface area (Å²) in [5.41, 5.74) is 1.19. The first-order valence-electron chi connectivity index (χ1n) is 7.19. The minimum atomic E-state index is 0.302. The first-order chi connectivity index (χ1) is 9.63. The fourth-order valence-electron chi connectivity index (χ4n) is 2.79. The van der Waals surface area contributed by atoms with Crippen LogP contribution in [0.25, 0.3) is 0 Å². The number of hydrogen-bond acceptors (Lipinski definition) is 5. The highest BCUT2D eigenvalue weighted by molar-refractivity contribution is 5.26. The SMILES string of the molecule is CNC(CC1CN(C)CCN1C)c1cncc(OC)c1. The van der Waals surface area contributed by atoms with Crippen LogP contribution in [0, 0.1) is 0 Å². The van der Waals surface area contributed by atoms with Gasteiger partial charge in [-0.1, -0.05) is 0 Å². The highest BCUT2D eigenvalue weighted by Crippen LogP contribution is 2.24. The molecular weight excluding hydrogens is 252 g/mol. The summed E-state index contributed by atoms with van der Waals surface area (Å²) in [7, 11) is 8.10. The fourth-order valence-corrected chi connectivity index (χ4v) is 2.79.